The summed E-state index contributed by atoms with van der Waals surface area (Å²) in [7, 11) is 1.65. The van der Waals surface area contributed by atoms with Gasteiger partial charge in [-0.05, 0) is 35.9 Å². The minimum atomic E-state index is -0.466. The predicted octanol–water partition coefficient (Wildman–Crippen LogP) is 2.42. The number of nitrogens with one attached hydrogen (secondary N) is 1. The van der Waals surface area contributed by atoms with Crippen LogP contribution < -0.4 is 10.2 Å². The van der Waals surface area contributed by atoms with Gasteiger partial charge in [0, 0.05) is 25.2 Å². The molecule has 0 saturated carbocycles. The number of benzene rings is 2. The van der Waals surface area contributed by atoms with E-state index in [4.69, 9.17) is 9.47 Å². The molecule has 1 fully saturated rings. The van der Waals surface area contributed by atoms with Gasteiger partial charge in [-0.1, -0.05) is 12.1 Å². The topological polar surface area (TPSA) is 83.4 Å². The standard InChI is InChI=1S/C20H23N3O4.ClH/c1-26-19-7-6-15(12-16(19)14-23-8-10-27-11-9-23)13-21-22-20(25)17-4-2-3-5-18(17)24;/h2-7,12-13,24H,8-11,14H2,1H3,(H,22,25);1H/b21-13+;. The van der Waals surface area contributed by atoms with E-state index in [9.17, 15) is 9.90 Å². The highest BCUT2D eigenvalue weighted by Crippen LogP contribution is 2.21. The highest BCUT2D eigenvalue weighted by Gasteiger charge is 2.14. The van der Waals surface area contributed by atoms with Crippen LogP contribution in [0.25, 0.3) is 0 Å². The van der Waals surface area contributed by atoms with Crippen LogP contribution in [0.5, 0.6) is 11.5 Å². The van der Waals surface area contributed by atoms with Crippen LogP contribution in [-0.2, 0) is 11.3 Å². The number of nitrogens with zero attached hydrogens (tertiary/aromatic N) is 2. The number of para-hydroxylation sites is 1. The number of methoxy groups -OCH3 is 1. The summed E-state index contributed by atoms with van der Waals surface area (Å²) in [6.45, 7) is 4.01. The maximum Gasteiger partial charge on any atom is 0.275 e. The second-order valence-corrected chi connectivity index (χ2v) is 6.18. The molecule has 1 amide bonds. The lowest BCUT2D eigenvalue weighted by atomic mass is 10.1. The maximum absolute atomic E-state index is 12.1. The molecule has 0 aromatic heterocycles. The van der Waals surface area contributed by atoms with Gasteiger partial charge < -0.3 is 14.6 Å². The molecule has 2 N–H and O–H groups in total. The Kier molecular flexibility index (Phi) is 8.25. The second-order valence-electron chi connectivity index (χ2n) is 6.18. The number of carbonyl (C=O) groups excluding carboxylic acids is 1. The van der Waals surface area contributed by atoms with E-state index in [0.29, 0.717) is 0 Å². The van der Waals surface area contributed by atoms with E-state index in [-0.39, 0.29) is 23.7 Å². The molecule has 0 unspecified atom stereocenters. The van der Waals surface area contributed by atoms with Crippen molar-refractivity contribution < 1.29 is 19.4 Å². The van der Waals surface area contributed by atoms with Crippen molar-refractivity contribution >= 4 is 24.5 Å². The largest absolute Gasteiger partial charge is 0.507 e. The third-order valence-electron chi connectivity index (χ3n) is 4.33. The molecular weight excluding hydrogens is 382 g/mol. The fourth-order valence-corrected chi connectivity index (χ4v) is 2.89. The highest BCUT2D eigenvalue weighted by atomic mass is 35.5. The summed E-state index contributed by atoms with van der Waals surface area (Å²) >= 11 is 0. The lowest BCUT2D eigenvalue weighted by Gasteiger charge is -2.27. The molecule has 150 valence electrons. The van der Waals surface area contributed by atoms with Crippen LogP contribution in [0.15, 0.2) is 47.6 Å². The normalized spacial score (nSPS) is 14.5. The van der Waals surface area contributed by atoms with Crippen LogP contribution in [0.3, 0.4) is 0 Å². The summed E-state index contributed by atoms with van der Waals surface area (Å²) in [5, 5.41) is 13.7. The molecule has 0 aliphatic carbocycles. The number of halogens is 1. The lowest BCUT2D eigenvalue weighted by molar-refractivity contribution is 0.0339. The number of hydrogen-bond donors (Lipinski definition) is 2. The summed E-state index contributed by atoms with van der Waals surface area (Å²) in [6, 6.07) is 12.1. The van der Waals surface area contributed by atoms with Gasteiger partial charge in [-0.15, -0.1) is 12.4 Å². The summed E-state index contributed by atoms with van der Waals surface area (Å²) in [6.07, 6.45) is 1.57. The van der Waals surface area contributed by atoms with Crippen molar-refractivity contribution in [2.75, 3.05) is 33.4 Å². The zero-order valence-electron chi connectivity index (χ0n) is 15.6. The maximum atomic E-state index is 12.1. The fourth-order valence-electron chi connectivity index (χ4n) is 2.89. The number of morpholine rings is 1. The molecule has 7 nitrogen and oxygen atoms in total. The number of phenolic OH excluding ortho intramolecular Hbond substituents is 1. The molecular formula is C20H24ClN3O4. The first-order chi connectivity index (χ1) is 13.2. The average molecular weight is 406 g/mol. The van der Waals surface area contributed by atoms with Crippen LogP contribution in [0.2, 0.25) is 0 Å². The monoisotopic (exact) mass is 405 g/mol. The van der Waals surface area contributed by atoms with Gasteiger partial charge in [0.1, 0.15) is 11.5 Å². The van der Waals surface area contributed by atoms with Crippen molar-refractivity contribution in [1.82, 2.24) is 10.3 Å². The van der Waals surface area contributed by atoms with Crippen molar-refractivity contribution in [3.05, 3.63) is 59.2 Å². The van der Waals surface area contributed by atoms with E-state index in [2.05, 4.69) is 15.4 Å². The van der Waals surface area contributed by atoms with E-state index >= 15 is 0 Å². The summed E-state index contributed by atoms with van der Waals surface area (Å²) in [5.41, 5.74) is 4.50. The molecule has 1 saturated heterocycles. The molecule has 2 aromatic rings. The van der Waals surface area contributed by atoms with E-state index in [1.807, 2.05) is 18.2 Å². The molecule has 0 atom stereocenters. The molecule has 1 aliphatic rings. The van der Waals surface area contributed by atoms with Gasteiger partial charge in [0.2, 0.25) is 0 Å². The molecule has 28 heavy (non-hydrogen) atoms. The van der Waals surface area contributed by atoms with Crippen LogP contribution >= 0.6 is 12.4 Å². The fraction of sp³-hybridized carbons (Fsp3) is 0.300. The van der Waals surface area contributed by atoms with Crippen molar-refractivity contribution in [1.29, 1.82) is 0 Å². The van der Waals surface area contributed by atoms with Crippen molar-refractivity contribution in [3.63, 3.8) is 0 Å². The Labute approximate surface area is 170 Å². The molecule has 1 heterocycles. The Hall–Kier alpha value is -2.61. The zero-order chi connectivity index (χ0) is 19.1. The summed E-state index contributed by atoms with van der Waals surface area (Å²) in [4.78, 5) is 14.4. The number of rotatable bonds is 6. The SMILES string of the molecule is COc1ccc(/C=N/NC(=O)c2ccccc2O)cc1CN1CCOCC1.Cl. The number of aromatic hydroxyl groups is 1. The lowest BCUT2D eigenvalue weighted by Crippen LogP contribution is -2.35. The van der Waals surface area contributed by atoms with Gasteiger partial charge in [-0.25, -0.2) is 5.43 Å². The van der Waals surface area contributed by atoms with Crippen LogP contribution in [-0.4, -0.2) is 55.5 Å². The summed E-state index contributed by atoms with van der Waals surface area (Å²) < 4.78 is 10.8. The molecule has 0 spiro atoms. The average Bonchev–Trinajstić information content (AvgIpc) is 2.69. The predicted molar refractivity (Wildman–Crippen MR) is 110 cm³/mol. The first-order valence-corrected chi connectivity index (χ1v) is 8.76. The first-order valence-electron chi connectivity index (χ1n) is 8.76. The molecule has 1 aliphatic heterocycles. The molecule has 8 heteroatoms. The van der Waals surface area contributed by atoms with E-state index in [1.54, 1.807) is 25.5 Å². The summed E-state index contributed by atoms with van der Waals surface area (Å²) in [5.74, 6) is 0.269. The van der Waals surface area contributed by atoms with E-state index in [0.717, 1.165) is 49.7 Å². The number of hydrogen-bond acceptors (Lipinski definition) is 6. The second kappa shape index (κ2) is 10.7. The van der Waals surface area contributed by atoms with Crippen LogP contribution in [0, 0.1) is 0 Å². The van der Waals surface area contributed by atoms with Gasteiger partial charge in [-0.3, -0.25) is 9.69 Å². The van der Waals surface area contributed by atoms with Crippen molar-refractivity contribution in [2.45, 2.75) is 6.54 Å². The quantitative estimate of drug-likeness (QED) is 0.569. The Balaban J connectivity index is 0.00000280. The van der Waals surface area contributed by atoms with E-state index in [1.165, 1.54) is 12.1 Å². The minimum Gasteiger partial charge on any atom is -0.507 e. The first kappa shape index (κ1) is 21.7. The Bertz CT molecular complexity index is 823. The van der Waals surface area contributed by atoms with Crippen molar-refractivity contribution in [2.24, 2.45) is 5.10 Å². The van der Waals surface area contributed by atoms with Crippen LogP contribution in [0.4, 0.5) is 0 Å². The van der Waals surface area contributed by atoms with Gasteiger partial charge in [0.05, 0.1) is 32.1 Å². The van der Waals surface area contributed by atoms with Gasteiger partial charge >= 0.3 is 0 Å². The number of ether oxygens (including phenoxy) is 2. The van der Waals surface area contributed by atoms with Gasteiger partial charge in [0.25, 0.3) is 5.91 Å². The highest BCUT2D eigenvalue weighted by molar-refractivity contribution is 5.97. The smallest absolute Gasteiger partial charge is 0.275 e. The number of amides is 1. The third kappa shape index (κ3) is 5.69. The minimum absolute atomic E-state index is 0. The van der Waals surface area contributed by atoms with E-state index < -0.39 is 5.91 Å². The van der Waals surface area contributed by atoms with Crippen molar-refractivity contribution in [3.8, 4) is 11.5 Å². The molecule has 2 aromatic carbocycles. The number of carbonyl (C=O) groups is 1. The Morgan fingerprint density at radius 1 is 1.29 bits per heavy atom. The Morgan fingerprint density at radius 2 is 2.04 bits per heavy atom. The molecule has 3 rings (SSSR count). The number of phenols is 1. The zero-order valence-corrected chi connectivity index (χ0v) is 16.4. The molecule has 0 bridgehead atoms. The molecule has 0 radical (unpaired) electrons. The third-order valence-corrected chi connectivity index (χ3v) is 4.33. The van der Waals surface area contributed by atoms with Gasteiger partial charge in [-0.2, -0.15) is 5.10 Å². The Morgan fingerprint density at radius 3 is 2.75 bits per heavy atom. The van der Waals surface area contributed by atoms with Gasteiger partial charge in [0.15, 0.2) is 0 Å². The van der Waals surface area contributed by atoms with Crippen LogP contribution in [0.1, 0.15) is 21.5 Å². The number of hydrazone groups is 1.